The van der Waals surface area contributed by atoms with Crippen molar-refractivity contribution in [3.8, 4) is 5.75 Å². The number of anilines is 1. The van der Waals surface area contributed by atoms with E-state index >= 15 is 0 Å². The van der Waals surface area contributed by atoms with Gasteiger partial charge in [-0.3, -0.25) is 0 Å². The van der Waals surface area contributed by atoms with Crippen LogP contribution in [0.15, 0.2) is 84.8 Å². The van der Waals surface area contributed by atoms with Gasteiger partial charge in [0.1, 0.15) is 5.75 Å². The Balaban J connectivity index is 2.00. The Hall–Kier alpha value is -2.52. The van der Waals surface area contributed by atoms with Crippen molar-refractivity contribution in [1.82, 2.24) is 0 Å². The normalized spacial score (nSPS) is 13.2. The summed E-state index contributed by atoms with van der Waals surface area (Å²) in [6, 6.07) is 21.8. The Bertz CT molecular complexity index is 752. The van der Waals surface area contributed by atoms with E-state index in [9.17, 15) is 5.11 Å². The lowest BCUT2D eigenvalue weighted by molar-refractivity contribution is 0.476. The number of para-hydroxylation sites is 2. The number of phenols is 1. The molecule has 116 valence electrons. The minimum Gasteiger partial charge on any atom is -0.506 e. The first-order valence-electron chi connectivity index (χ1n) is 7.55. The fraction of sp³-hybridized carbons (Fsp3) is 0.100. The van der Waals surface area contributed by atoms with Gasteiger partial charge in [0.2, 0.25) is 0 Å². The van der Waals surface area contributed by atoms with Crippen LogP contribution in [0.1, 0.15) is 22.4 Å². The molecule has 0 fully saturated rings. The van der Waals surface area contributed by atoms with E-state index in [4.69, 9.17) is 0 Å². The number of rotatable bonds is 6. The molecule has 2 nitrogen and oxygen atoms in total. The van der Waals surface area contributed by atoms with Crippen molar-refractivity contribution in [2.24, 2.45) is 0 Å². The molecular weight excluding hydrogens is 302 g/mol. The van der Waals surface area contributed by atoms with Crippen molar-refractivity contribution in [3.05, 3.63) is 95.2 Å². The fourth-order valence-corrected chi connectivity index (χ4v) is 3.56. The van der Waals surface area contributed by atoms with Gasteiger partial charge < -0.3 is 10.4 Å². The van der Waals surface area contributed by atoms with Crippen LogP contribution in [0.4, 0.5) is 5.69 Å². The van der Waals surface area contributed by atoms with E-state index in [0.717, 1.165) is 11.3 Å². The Morgan fingerprint density at radius 3 is 2.35 bits per heavy atom. The smallest absolute Gasteiger partial charge is 0.138 e. The van der Waals surface area contributed by atoms with Crippen molar-refractivity contribution in [3.63, 3.8) is 0 Å². The fourth-order valence-electron chi connectivity index (χ4n) is 2.70. The van der Waals surface area contributed by atoms with E-state index in [2.05, 4.69) is 41.5 Å². The summed E-state index contributed by atoms with van der Waals surface area (Å²) in [4.78, 5) is 1.25. The zero-order chi connectivity index (χ0) is 16.1. The van der Waals surface area contributed by atoms with Gasteiger partial charge in [-0.05, 0) is 29.1 Å². The van der Waals surface area contributed by atoms with Crippen LogP contribution in [0.3, 0.4) is 0 Å². The largest absolute Gasteiger partial charge is 0.506 e. The maximum Gasteiger partial charge on any atom is 0.138 e. The molecule has 0 unspecified atom stereocenters. The number of hydrogen-bond donors (Lipinski definition) is 2. The van der Waals surface area contributed by atoms with E-state index in [-0.39, 0.29) is 17.7 Å². The topological polar surface area (TPSA) is 32.3 Å². The summed E-state index contributed by atoms with van der Waals surface area (Å²) in [5.74, 6) is 0.374. The molecule has 1 heterocycles. The second-order valence-corrected chi connectivity index (χ2v) is 6.31. The van der Waals surface area contributed by atoms with Crippen molar-refractivity contribution in [2.45, 2.75) is 12.0 Å². The predicted octanol–water partition coefficient (Wildman–Crippen LogP) is 5.58. The van der Waals surface area contributed by atoms with Crippen LogP contribution in [0.2, 0.25) is 0 Å². The molecule has 3 aromatic rings. The molecule has 3 heteroatoms. The lowest BCUT2D eigenvalue weighted by atomic mass is 9.91. The standard InChI is InChI=1S/C20H19NOS/c1-2-16(19-13-8-14-23-19)20(15-9-4-3-5-10-15)21-17-11-6-7-12-18(17)22/h2-14,16,20-22H,1H2/t16-,20+/m1/s1. The molecule has 0 aliphatic rings. The second-order valence-electron chi connectivity index (χ2n) is 5.33. The monoisotopic (exact) mass is 321 g/mol. The summed E-state index contributed by atoms with van der Waals surface area (Å²) < 4.78 is 0. The molecule has 0 amide bonds. The molecule has 0 aliphatic heterocycles. The Morgan fingerprint density at radius 1 is 0.957 bits per heavy atom. The highest BCUT2D eigenvalue weighted by molar-refractivity contribution is 7.10. The van der Waals surface area contributed by atoms with Crippen LogP contribution in [-0.2, 0) is 0 Å². The molecule has 2 aromatic carbocycles. The lowest BCUT2D eigenvalue weighted by Gasteiger charge is -2.27. The number of phenolic OH excluding ortho intramolecular Hbond substituents is 1. The zero-order valence-corrected chi connectivity index (χ0v) is 13.5. The molecule has 0 radical (unpaired) electrons. The second kappa shape index (κ2) is 7.16. The summed E-state index contributed by atoms with van der Waals surface area (Å²) >= 11 is 1.72. The third-order valence-corrected chi connectivity index (χ3v) is 4.83. The van der Waals surface area contributed by atoms with Crippen LogP contribution in [-0.4, -0.2) is 5.11 Å². The highest BCUT2D eigenvalue weighted by Crippen LogP contribution is 2.38. The van der Waals surface area contributed by atoms with E-state index in [1.54, 1.807) is 17.4 Å². The highest BCUT2D eigenvalue weighted by atomic mass is 32.1. The van der Waals surface area contributed by atoms with Crippen molar-refractivity contribution in [1.29, 1.82) is 0 Å². The molecule has 3 rings (SSSR count). The molecule has 2 atom stereocenters. The highest BCUT2D eigenvalue weighted by Gasteiger charge is 2.23. The molecule has 0 aliphatic carbocycles. The average molecular weight is 321 g/mol. The number of benzene rings is 2. The zero-order valence-electron chi connectivity index (χ0n) is 12.7. The van der Waals surface area contributed by atoms with Gasteiger partial charge in [-0.25, -0.2) is 0 Å². The van der Waals surface area contributed by atoms with Crippen LogP contribution < -0.4 is 5.32 Å². The molecule has 0 bridgehead atoms. The molecule has 0 saturated heterocycles. The van der Waals surface area contributed by atoms with Gasteiger partial charge in [0, 0.05) is 10.8 Å². The molecule has 23 heavy (non-hydrogen) atoms. The van der Waals surface area contributed by atoms with Gasteiger partial charge in [0.25, 0.3) is 0 Å². The number of nitrogens with one attached hydrogen (secondary N) is 1. The molecular formula is C20H19NOS. The Morgan fingerprint density at radius 2 is 1.70 bits per heavy atom. The predicted molar refractivity (Wildman–Crippen MR) is 98.2 cm³/mol. The van der Waals surface area contributed by atoms with Gasteiger partial charge in [-0.2, -0.15) is 0 Å². The van der Waals surface area contributed by atoms with Crippen molar-refractivity contribution in [2.75, 3.05) is 5.32 Å². The molecule has 0 saturated carbocycles. The van der Waals surface area contributed by atoms with Gasteiger partial charge in [-0.1, -0.05) is 54.6 Å². The average Bonchev–Trinajstić information content (AvgIpc) is 3.11. The quantitative estimate of drug-likeness (QED) is 0.459. The minimum absolute atomic E-state index is 0.000602. The van der Waals surface area contributed by atoms with Gasteiger partial charge >= 0.3 is 0 Å². The maximum atomic E-state index is 10.1. The molecule has 0 spiro atoms. The van der Waals surface area contributed by atoms with E-state index in [1.807, 2.05) is 42.5 Å². The van der Waals surface area contributed by atoms with Gasteiger partial charge in [0.05, 0.1) is 11.7 Å². The van der Waals surface area contributed by atoms with Crippen LogP contribution in [0.5, 0.6) is 5.75 Å². The SMILES string of the molecule is C=C[C@H](c1cccs1)[C@@H](Nc1ccccc1O)c1ccccc1. The van der Waals surface area contributed by atoms with Crippen LogP contribution in [0.25, 0.3) is 0 Å². The minimum atomic E-state index is 0.000602. The Kier molecular flexibility index (Phi) is 4.79. The summed E-state index contributed by atoms with van der Waals surface area (Å²) in [6.45, 7) is 4.03. The van der Waals surface area contributed by atoms with E-state index < -0.39 is 0 Å². The van der Waals surface area contributed by atoms with Crippen molar-refractivity contribution >= 4 is 17.0 Å². The number of hydrogen-bond acceptors (Lipinski definition) is 3. The van der Waals surface area contributed by atoms with Crippen LogP contribution in [0, 0.1) is 0 Å². The van der Waals surface area contributed by atoms with Crippen LogP contribution >= 0.6 is 11.3 Å². The summed E-state index contributed by atoms with van der Waals surface area (Å²) in [5, 5.41) is 15.7. The first-order valence-corrected chi connectivity index (χ1v) is 8.43. The Labute approximate surface area is 140 Å². The third-order valence-electron chi connectivity index (χ3n) is 3.86. The third kappa shape index (κ3) is 3.46. The molecule has 2 N–H and O–H groups in total. The van der Waals surface area contributed by atoms with E-state index in [1.165, 1.54) is 4.88 Å². The first kappa shape index (κ1) is 15.4. The maximum absolute atomic E-state index is 10.1. The first-order chi connectivity index (χ1) is 11.3. The lowest BCUT2D eigenvalue weighted by Crippen LogP contribution is -2.17. The molecule has 1 aromatic heterocycles. The summed E-state index contributed by atoms with van der Waals surface area (Å²) in [6.07, 6.45) is 1.97. The van der Waals surface area contributed by atoms with Gasteiger partial charge in [-0.15, -0.1) is 17.9 Å². The van der Waals surface area contributed by atoms with Gasteiger partial charge in [0.15, 0.2) is 0 Å². The number of thiophene rings is 1. The van der Waals surface area contributed by atoms with Crippen molar-refractivity contribution < 1.29 is 5.11 Å². The summed E-state index contributed by atoms with van der Waals surface area (Å²) in [7, 11) is 0. The van der Waals surface area contributed by atoms with E-state index in [0.29, 0.717) is 0 Å². The number of aromatic hydroxyl groups is 1. The summed E-state index contributed by atoms with van der Waals surface area (Å²) in [5.41, 5.74) is 1.89.